The molecule has 0 saturated heterocycles. The Morgan fingerprint density at radius 1 is 1.31 bits per heavy atom. The Kier molecular flexibility index (Phi) is 5.05. The van der Waals surface area contributed by atoms with Gasteiger partial charge in [0.1, 0.15) is 11.6 Å². The maximum Gasteiger partial charge on any atom is 0.268 e. The maximum absolute atomic E-state index is 9.88. The summed E-state index contributed by atoms with van der Waals surface area (Å²) in [7, 11) is 1.45. The molecule has 0 fully saturated rings. The Labute approximate surface area is 158 Å². The third-order valence-corrected chi connectivity index (χ3v) is 4.27. The van der Waals surface area contributed by atoms with Crippen LogP contribution in [0.2, 0.25) is 0 Å². The molecule has 0 aliphatic heterocycles. The van der Waals surface area contributed by atoms with Crippen molar-refractivity contribution in [1.82, 2.24) is 10.1 Å². The second kappa shape index (κ2) is 7.42. The average molecular weight is 412 g/mol. The molecule has 0 saturated carbocycles. The van der Waals surface area contributed by atoms with E-state index >= 15 is 0 Å². The van der Waals surface area contributed by atoms with E-state index in [1.165, 1.54) is 7.11 Å². The van der Waals surface area contributed by atoms with E-state index in [1.54, 1.807) is 18.2 Å². The minimum atomic E-state index is -0.0115. The summed E-state index contributed by atoms with van der Waals surface area (Å²) in [5.74, 6) is 0.799. The Morgan fingerprint density at radius 2 is 2.04 bits per heavy atom. The first-order valence-electron chi connectivity index (χ1n) is 7.61. The monoisotopic (exact) mass is 411 g/mol. The first kappa shape index (κ1) is 17.7. The van der Waals surface area contributed by atoms with E-state index < -0.39 is 0 Å². The van der Waals surface area contributed by atoms with Crippen molar-refractivity contribution in [3.05, 3.63) is 57.9 Å². The molecule has 3 aromatic rings. The van der Waals surface area contributed by atoms with Crippen LogP contribution in [0.25, 0.3) is 23.0 Å². The smallest absolute Gasteiger partial charge is 0.268 e. The largest absolute Gasteiger partial charge is 0.503 e. The fourth-order valence-corrected chi connectivity index (χ4v) is 2.75. The van der Waals surface area contributed by atoms with Crippen molar-refractivity contribution in [2.24, 2.45) is 0 Å². The normalized spacial score (nSPS) is 11.2. The van der Waals surface area contributed by atoms with Crippen LogP contribution in [0.5, 0.6) is 11.5 Å². The number of rotatable bonds is 4. The number of hydrogen-bond acceptors (Lipinski definition) is 6. The predicted octanol–water partition coefficient (Wildman–Crippen LogP) is 4.59. The van der Waals surface area contributed by atoms with E-state index in [1.807, 2.05) is 31.2 Å². The lowest BCUT2D eigenvalue weighted by Gasteiger charge is -2.06. The van der Waals surface area contributed by atoms with Gasteiger partial charge in [-0.15, -0.1) is 0 Å². The van der Waals surface area contributed by atoms with Crippen molar-refractivity contribution < 1.29 is 14.4 Å². The Morgan fingerprint density at radius 3 is 2.69 bits per heavy atom. The number of aromatic hydroxyl groups is 1. The van der Waals surface area contributed by atoms with Crippen LogP contribution in [0, 0.1) is 18.3 Å². The van der Waals surface area contributed by atoms with Crippen LogP contribution in [-0.2, 0) is 0 Å². The summed E-state index contributed by atoms with van der Waals surface area (Å²) >= 11 is 3.25. The highest BCUT2D eigenvalue weighted by Crippen LogP contribution is 2.36. The molecule has 2 aromatic carbocycles. The molecule has 0 bridgehead atoms. The van der Waals surface area contributed by atoms with E-state index in [0.717, 1.165) is 11.1 Å². The summed E-state index contributed by atoms with van der Waals surface area (Å²) in [5, 5.41) is 23.3. The summed E-state index contributed by atoms with van der Waals surface area (Å²) in [6.45, 7) is 1.99. The third kappa shape index (κ3) is 3.60. The van der Waals surface area contributed by atoms with E-state index in [4.69, 9.17) is 9.26 Å². The minimum Gasteiger partial charge on any atom is -0.503 e. The molecule has 1 heterocycles. The van der Waals surface area contributed by atoms with Crippen LogP contribution in [0.3, 0.4) is 0 Å². The van der Waals surface area contributed by atoms with Gasteiger partial charge in [0, 0.05) is 5.56 Å². The van der Waals surface area contributed by atoms with E-state index in [2.05, 4.69) is 32.1 Å². The van der Waals surface area contributed by atoms with Crippen LogP contribution in [0.15, 0.2) is 45.4 Å². The molecule has 0 radical (unpaired) electrons. The van der Waals surface area contributed by atoms with Gasteiger partial charge in [0.2, 0.25) is 5.82 Å². The van der Waals surface area contributed by atoms with Crippen LogP contribution in [-0.4, -0.2) is 22.4 Å². The molecule has 0 spiro atoms. The molecule has 1 aromatic heterocycles. The van der Waals surface area contributed by atoms with Crippen LogP contribution in [0.1, 0.15) is 17.0 Å². The van der Waals surface area contributed by atoms with Crippen molar-refractivity contribution >= 4 is 27.6 Å². The molecule has 7 heteroatoms. The fraction of sp³-hybridized carbons (Fsp3) is 0.105. The second-order valence-electron chi connectivity index (χ2n) is 5.51. The van der Waals surface area contributed by atoms with E-state index in [-0.39, 0.29) is 23.0 Å². The summed E-state index contributed by atoms with van der Waals surface area (Å²) in [6.07, 6.45) is 1.58. The topological polar surface area (TPSA) is 92.2 Å². The number of aromatic nitrogens is 2. The number of phenolic OH excluding ortho intramolecular Hbond substituents is 1. The highest BCUT2D eigenvalue weighted by atomic mass is 79.9. The van der Waals surface area contributed by atoms with E-state index in [9.17, 15) is 10.4 Å². The SMILES string of the molecule is COc1cc(/C=C(\C#N)c2nc(-c3ccc(C)cc3)no2)cc(Br)c1O. The highest BCUT2D eigenvalue weighted by Gasteiger charge is 2.14. The van der Waals surface area contributed by atoms with Crippen molar-refractivity contribution in [1.29, 1.82) is 5.26 Å². The predicted molar refractivity (Wildman–Crippen MR) is 100 cm³/mol. The van der Waals surface area contributed by atoms with Gasteiger partial charge in [0.05, 0.1) is 11.6 Å². The lowest BCUT2D eigenvalue weighted by Crippen LogP contribution is -1.88. The number of nitriles is 1. The van der Waals surface area contributed by atoms with Crippen molar-refractivity contribution in [2.75, 3.05) is 7.11 Å². The molecule has 26 heavy (non-hydrogen) atoms. The molecule has 0 unspecified atom stereocenters. The lowest BCUT2D eigenvalue weighted by atomic mass is 10.1. The Bertz CT molecular complexity index is 1020. The number of phenols is 1. The number of hydrogen-bond donors (Lipinski definition) is 1. The molecule has 6 nitrogen and oxygen atoms in total. The summed E-state index contributed by atoms with van der Waals surface area (Å²) in [6, 6.07) is 13.0. The molecule has 1 N–H and O–H groups in total. The molecule has 3 rings (SSSR count). The first-order valence-corrected chi connectivity index (χ1v) is 8.40. The van der Waals surface area contributed by atoms with Gasteiger partial charge in [-0.2, -0.15) is 10.2 Å². The zero-order valence-corrected chi connectivity index (χ0v) is 15.6. The number of aryl methyl sites for hydroxylation is 1. The fourth-order valence-electron chi connectivity index (χ4n) is 2.29. The van der Waals surface area contributed by atoms with Gasteiger partial charge in [-0.25, -0.2) is 0 Å². The molecule has 0 aliphatic rings. The number of methoxy groups -OCH3 is 1. The maximum atomic E-state index is 9.88. The number of halogens is 1. The van der Waals surface area contributed by atoms with Crippen molar-refractivity contribution in [3.8, 4) is 29.0 Å². The number of benzene rings is 2. The molecular formula is C19H14BrN3O3. The summed E-state index contributed by atoms with van der Waals surface area (Å²) in [5.41, 5.74) is 2.77. The van der Waals surface area contributed by atoms with Crippen molar-refractivity contribution in [2.45, 2.75) is 6.92 Å². The lowest BCUT2D eigenvalue weighted by molar-refractivity contribution is 0.372. The van der Waals surface area contributed by atoms with E-state index in [0.29, 0.717) is 15.9 Å². The van der Waals surface area contributed by atoms with Gasteiger partial charge in [0.25, 0.3) is 5.89 Å². The van der Waals surface area contributed by atoms with Gasteiger partial charge >= 0.3 is 0 Å². The molecule has 130 valence electrons. The third-order valence-electron chi connectivity index (χ3n) is 3.67. The molecule has 0 amide bonds. The zero-order valence-electron chi connectivity index (χ0n) is 14.0. The Balaban J connectivity index is 1.97. The van der Waals surface area contributed by atoms with Crippen molar-refractivity contribution in [3.63, 3.8) is 0 Å². The minimum absolute atomic E-state index is 0.0115. The highest BCUT2D eigenvalue weighted by molar-refractivity contribution is 9.10. The van der Waals surface area contributed by atoms with Gasteiger partial charge < -0.3 is 14.4 Å². The standard InChI is InChI=1S/C19H14BrN3O3/c1-11-3-5-13(6-4-11)18-22-19(26-23-18)14(10-21)7-12-8-15(20)17(24)16(9-12)25-2/h3-9,24H,1-2H3/b14-7+. The average Bonchev–Trinajstić information content (AvgIpc) is 3.13. The summed E-state index contributed by atoms with van der Waals surface area (Å²) < 4.78 is 10.8. The first-order chi connectivity index (χ1) is 12.5. The number of allylic oxidation sites excluding steroid dienone is 1. The zero-order chi connectivity index (χ0) is 18.7. The number of nitrogens with zero attached hydrogens (tertiary/aromatic N) is 3. The Hall–Kier alpha value is -3.11. The van der Waals surface area contributed by atoms with Crippen LogP contribution >= 0.6 is 15.9 Å². The van der Waals surface area contributed by atoms with Gasteiger partial charge in [0.15, 0.2) is 11.5 Å². The second-order valence-corrected chi connectivity index (χ2v) is 6.37. The van der Waals surface area contributed by atoms with Gasteiger partial charge in [-0.1, -0.05) is 35.0 Å². The van der Waals surface area contributed by atoms with Crippen LogP contribution in [0.4, 0.5) is 0 Å². The quantitative estimate of drug-likeness (QED) is 0.631. The van der Waals surface area contributed by atoms with Gasteiger partial charge in [-0.3, -0.25) is 0 Å². The molecule has 0 aliphatic carbocycles. The molecule has 0 atom stereocenters. The van der Waals surface area contributed by atoms with Crippen LogP contribution < -0.4 is 4.74 Å². The number of ether oxygens (including phenoxy) is 1. The summed E-state index contributed by atoms with van der Waals surface area (Å²) in [4.78, 5) is 4.30. The van der Waals surface area contributed by atoms with Gasteiger partial charge in [-0.05, 0) is 46.6 Å². The molecular weight excluding hydrogens is 398 g/mol.